The SMILES string of the molecule is CN(C)C(=O)[C@@H]1C[C@H](N(C(=O)C(C)(C)C#N)C2CCC(C)(C)CC2)CN1C(=O)OC(C)(C)C. The third kappa shape index (κ3) is 6.39. The van der Waals surface area contributed by atoms with Gasteiger partial charge in [0.05, 0.1) is 12.1 Å². The molecule has 186 valence electrons. The highest BCUT2D eigenvalue weighted by Crippen LogP contribution is 2.40. The number of likely N-dealkylation sites (tertiary alicyclic amines) is 1. The summed E-state index contributed by atoms with van der Waals surface area (Å²) in [6.07, 6.45) is 3.43. The molecule has 0 radical (unpaired) electrons. The van der Waals surface area contributed by atoms with Gasteiger partial charge in [0.15, 0.2) is 0 Å². The third-order valence-corrected chi connectivity index (χ3v) is 6.78. The molecule has 0 spiro atoms. The molecule has 0 aromatic carbocycles. The molecule has 0 N–H and O–H groups in total. The molecule has 33 heavy (non-hydrogen) atoms. The summed E-state index contributed by atoms with van der Waals surface area (Å²) in [7, 11) is 3.32. The normalized spacial score (nSPS) is 23.6. The fourth-order valence-electron chi connectivity index (χ4n) is 4.73. The van der Waals surface area contributed by atoms with Crippen LogP contribution in [0.25, 0.3) is 0 Å². The van der Waals surface area contributed by atoms with Crippen LogP contribution in [0.5, 0.6) is 0 Å². The molecule has 2 rings (SSSR count). The second-order valence-corrected chi connectivity index (χ2v) is 12.1. The van der Waals surface area contributed by atoms with Crippen molar-refractivity contribution < 1.29 is 19.1 Å². The molecular weight excluding hydrogens is 420 g/mol. The molecule has 2 atom stereocenters. The molecule has 1 saturated heterocycles. The Labute approximate surface area is 199 Å². The van der Waals surface area contributed by atoms with Crippen LogP contribution in [0.3, 0.4) is 0 Å². The van der Waals surface area contributed by atoms with Crippen LogP contribution in [0.4, 0.5) is 4.79 Å². The predicted molar refractivity (Wildman–Crippen MR) is 126 cm³/mol. The maximum Gasteiger partial charge on any atom is 0.411 e. The van der Waals surface area contributed by atoms with Crippen molar-refractivity contribution in [2.24, 2.45) is 10.8 Å². The number of rotatable bonds is 4. The smallest absolute Gasteiger partial charge is 0.411 e. The van der Waals surface area contributed by atoms with Crippen molar-refractivity contribution in [1.82, 2.24) is 14.7 Å². The van der Waals surface area contributed by atoms with Crippen molar-refractivity contribution in [3.63, 3.8) is 0 Å². The number of hydrogen-bond donors (Lipinski definition) is 0. The molecular formula is C25H42N4O4. The van der Waals surface area contributed by atoms with Crippen LogP contribution in [0.15, 0.2) is 0 Å². The van der Waals surface area contributed by atoms with Crippen molar-refractivity contribution in [3.05, 3.63) is 0 Å². The quantitative estimate of drug-likeness (QED) is 0.633. The van der Waals surface area contributed by atoms with Crippen LogP contribution < -0.4 is 0 Å². The summed E-state index contributed by atoms with van der Waals surface area (Å²) in [6.45, 7) is 13.3. The van der Waals surface area contributed by atoms with Crippen molar-refractivity contribution in [1.29, 1.82) is 5.26 Å². The molecule has 8 heteroatoms. The number of nitrogens with zero attached hydrogens (tertiary/aromatic N) is 4. The lowest BCUT2D eigenvalue weighted by Gasteiger charge is -2.44. The number of carbonyl (C=O) groups excluding carboxylic acids is 3. The van der Waals surface area contributed by atoms with Gasteiger partial charge in [-0.25, -0.2) is 4.79 Å². The highest BCUT2D eigenvalue weighted by atomic mass is 16.6. The van der Waals surface area contributed by atoms with E-state index in [4.69, 9.17) is 4.74 Å². The average molecular weight is 463 g/mol. The maximum atomic E-state index is 13.6. The molecule has 0 bridgehead atoms. The van der Waals surface area contributed by atoms with Gasteiger partial charge < -0.3 is 14.5 Å². The van der Waals surface area contributed by atoms with E-state index in [1.165, 1.54) is 9.80 Å². The lowest BCUT2D eigenvalue weighted by molar-refractivity contribution is -0.144. The van der Waals surface area contributed by atoms with Crippen LogP contribution in [0.2, 0.25) is 0 Å². The first-order chi connectivity index (χ1) is 15.0. The van der Waals surface area contributed by atoms with Crippen LogP contribution in [-0.4, -0.2) is 77.0 Å². The minimum absolute atomic E-state index is 0.0168. The fraction of sp³-hybridized carbons (Fsp3) is 0.840. The van der Waals surface area contributed by atoms with Gasteiger partial charge in [0.2, 0.25) is 11.8 Å². The van der Waals surface area contributed by atoms with Gasteiger partial charge in [-0.15, -0.1) is 0 Å². The van der Waals surface area contributed by atoms with Gasteiger partial charge in [0.25, 0.3) is 0 Å². The van der Waals surface area contributed by atoms with E-state index in [0.717, 1.165) is 25.7 Å². The molecule has 0 aromatic rings. The van der Waals surface area contributed by atoms with Gasteiger partial charge >= 0.3 is 6.09 Å². The van der Waals surface area contributed by atoms with Gasteiger partial charge in [-0.3, -0.25) is 14.5 Å². The number of likely N-dealkylation sites (N-methyl/N-ethyl adjacent to an activating group) is 1. The Morgan fingerprint density at radius 3 is 2.03 bits per heavy atom. The van der Waals surface area contributed by atoms with Crippen LogP contribution >= 0.6 is 0 Å². The van der Waals surface area contributed by atoms with E-state index in [9.17, 15) is 19.6 Å². The Balaban J connectivity index is 2.41. The first-order valence-corrected chi connectivity index (χ1v) is 11.9. The molecule has 1 saturated carbocycles. The van der Waals surface area contributed by atoms with Gasteiger partial charge in [-0.2, -0.15) is 5.26 Å². The number of nitriles is 1. The largest absolute Gasteiger partial charge is 0.444 e. The summed E-state index contributed by atoms with van der Waals surface area (Å²) in [5, 5.41) is 9.68. The van der Waals surface area contributed by atoms with Gasteiger partial charge in [-0.05, 0) is 72.1 Å². The van der Waals surface area contributed by atoms with Crippen LogP contribution in [0.1, 0.15) is 80.6 Å². The van der Waals surface area contributed by atoms with Crippen molar-refractivity contribution in [3.8, 4) is 6.07 Å². The first-order valence-electron chi connectivity index (χ1n) is 11.9. The molecule has 2 aliphatic rings. The summed E-state index contributed by atoms with van der Waals surface area (Å²) in [6, 6.07) is 1.07. The minimum Gasteiger partial charge on any atom is -0.444 e. The second-order valence-electron chi connectivity index (χ2n) is 12.1. The molecule has 0 unspecified atom stereocenters. The van der Waals surface area contributed by atoms with E-state index in [0.29, 0.717) is 6.42 Å². The fourth-order valence-corrected chi connectivity index (χ4v) is 4.73. The number of ether oxygens (including phenoxy) is 1. The van der Waals surface area contributed by atoms with Crippen molar-refractivity contribution in [2.75, 3.05) is 20.6 Å². The Morgan fingerprint density at radius 1 is 1.03 bits per heavy atom. The van der Waals surface area contributed by atoms with Crippen LogP contribution in [-0.2, 0) is 14.3 Å². The predicted octanol–water partition coefficient (Wildman–Crippen LogP) is 3.80. The summed E-state index contributed by atoms with van der Waals surface area (Å²) in [5.74, 6) is -0.429. The summed E-state index contributed by atoms with van der Waals surface area (Å²) < 4.78 is 5.59. The number of carbonyl (C=O) groups is 3. The summed E-state index contributed by atoms with van der Waals surface area (Å²) in [4.78, 5) is 44.4. The monoisotopic (exact) mass is 462 g/mol. The van der Waals surface area contributed by atoms with E-state index in [1.54, 1.807) is 48.7 Å². The maximum absolute atomic E-state index is 13.6. The Bertz CT molecular complexity index is 796. The molecule has 0 aromatic heterocycles. The van der Waals surface area contributed by atoms with E-state index in [1.807, 2.05) is 4.90 Å². The van der Waals surface area contributed by atoms with Gasteiger partial charge in [-0.1, -0.05) is 13.8 Å². The first kappa shape index (κ1) is 26.9. The zero-order valence-electron chi connectivity index (χ0n) is 21.9. The zero-order valence-corrected chi connectivity index (χ0v) is 21.9. The highest BCUT2D eigenvalue weighted by Gasteiger charge is 2.49. The third-order valence-electron chi connectivity index (χ3n) is 6.78. The Morgan fingerprint density at radius 2 is 1.58 bits per heavy atom. The van der Waals surface area contributed by atoms with Crippen LogP contribution in [0, 0.1) is 22.2 Å². The van der Waals surface area contributed by atoms with E-state index >= 15 is 0 Å². The van der Waals surface area contributed by atoms with E-state index < -0.39 is 23.2 Å². The van der Waals surface area contributed by atoms with Crippen molar-refractivity contribution >= 4 is 17.9 Å². The molecule has 2 fully saturated rings. The topological polar surface area (TPSA) is 94.0 Å². The minimum atomic E-state index is -1.19. The Kier molecular flexibility index (Phi) is 7.77. The summed E-state index contributed by atoms with van der Waals surface area (Å²) in [5.41, 5.74) is -1.67. The molecule has 1 heterocycles. The van der Waals surface area contributed by atoms with Crippen molar-refractivity contribution in [2.45, 2.75) is 104 Å². The van der Waals surface area contributed by atoms with Gasteiger partial charge in [0, 0.05) is 26.7 Å². The Hall–Kier alpha value is -2.30. The zero-order chi connectivity index (χ0) is 25.4. The highest BCUT2D eigenvalue weighted by molar-refractivity contribution is 5.88. The van der Waals surface area contributed by atoms with E-state index in [-0.39, 0.29) is 35.9 Å². The lowest BCUT2D eigenvalue weighted by atomic mass is 9.74. The standard InChI is InChI=1S/C25H42N4O4/c1-23(2,3)33-22(32)28-15-18(14-19(28)20(30)27(8)9)29(21(31)25(6,7)16-26)17-10-12-24(4,5)13-11-17/h17-19H,10-15H2,1-9H3/t18-,19-/m0/s1. The second kappa shape index (κ2) is 9.52. The number of amides is 3. The molecule has 3 amide bonds. The lowest BCUT2D eigenvalue weighted by Crippen LogP contribution is -2.54. The number of hydrogen-bond acceptors (Lipinski definition) is 5. The molecule has 1 aliphatic carbocycles. The van der Waals surface area contributed by atoms with E-state index in [2.05, 4.69) is 19.9 Å². The van der Waals surface area contributed by atoms with Gasteiger partial charge in [0.1, 0.15) is 17.1 Å². The molecule has 8 nitrogen and oxygen atoms in total. The average Bonchev–Trinajstić information content (AvgIpc) is 3.12. The summed E-state index contributed by atoms with van der Waals surface area (Å²) >= 11 is 0. The molecule has 1 aliphatic heterocycles.